The molecule has 3 nitrogen and oxygen atoms in total. The highest BCUT2D eigenvalue weighted by molar-refractivity contribution is 7.07. The first-order valence-corrected chi connectivity index (χ1v) is 6.73. The van der Waals surface area contributed by atoms with Gasteiger partial charge in [0.2, 0.25) is 0 Å². The Morgan fingerprint density at radius 1 is 1.32 bits per heavy atom. The van der Waals surface area contributed by atoms with Crippen molar-refractivity contribution >= 4 is 17.2 Å². The van der Waals surface area contributed by atoms with E-state index in [2.05, 4.69) is 17.2 Å². The molecule has 0 aliphatic heterocycles. The van der Waals surface area contributed by atoms with Crippen molar-refractivity contribution in [2.45, 2.75) is 6.54 Å². The van der Waals surface area contributed by atoms with Gasteiger partial charge >= 0.3 is 0 Å². The average Bonchev–Trinajstić information content (AvgIpc) is 2.96. The van der Waals surface area contributed by atoms with Crippen molar-refractivity contribution in [3.8, 4) is 11.8 Å². The zero-order valence-corrected chi connectivity index (χ0v) is 11.0. The molecule has 1 amide bonds. The van der Waals surface area contributed by atoms with Crippen LogP contribution in [0.2, 0.25) is 0 Å². The molecule has 0 saturated carbocycles. The number of amides is 1. The van der Waals surface area contributed by atoms with Gasteiger partial charge in [0.25, 0.3) is 5.91 Å². The second-order valence-corrected chi connectivity index (χ2v) is 4.60. The van der Waals surface area contributed by atoms with Gasteiger partial charge in [-0.15, -0.1) is 0 Å². The molecule has 1 aromatic carbocycles. The predicted octanol–water partition coefficient (Wildman–Crippen LogP) is 2.02. The number of aliphatic hydroxyl groups is 1. The van der Waals surface area contributed by atoms with Crippen molar-refractivity contribution in [2.75, 3.05) is 6.61 Å². The quantitative estimate of drug-likeness (QED) is 0.839. The van der Waals surface area contributed by atoms with Crippen LogP contribution in [0.5, 0.6) is 0 Å². The Hall–Kier alpha value is -2.09. The van der Waals surface area contributed by atoms with Crippen LogP contribution < -0.4 is 5.32 Å². The highest BCUT2D eigenvalue weighted by Crippen LogP contribution is 2.09. The fourth-order valence-electron chi connectivity index (χ4n) is 1.60. The minimum atomic E-state index is -0.217. The molecule has 2 aromatic rings. The van der Waals surface area contributed by atoms with Crippen LogP contribution in [0, 0.1) is 11.8 Å². The molecule has 0 spiro atoms. The molecule has 2 rings (SSSR count). The molecular formula is C15H13NO2S. The molecule has 0 atom stereocenters. The number of hydrogen-bond acceptors (Lipinski definition) is 3. The summed E-state index contributed by atoms with van der Waals surface area (Å²) in [6, 6.07) is 9.08. The second-order valence-electron chi connectivity index (χ2n) is 3.82. The van der Waals surface area contributed by atoms with Crippen molar-refractivity contribution in [3.63, 3.8) is 0 Å². The molecule has 0 bridgehead atoms. The van der Waals surface area contributed by atoms with Crippen molar-refractivity contribution in [1.82, 2.24) is 5.32 Å². The highest BCUT2D eigenvalue weighted by atomic mass is 32.1. The van der Waals surface area contributed by atoms with Gasteiger partial charge < -0.3 is 10.4 Å². The van der Waals surface area contributed by atoms with Crippen LogP contribution in [0.1, 0.15) is 21.5 Å². The van der Waals surface area contributed by atoms with Gasteiger partial charge in [0.1, 0.15) is 6.61 Å². The lowest BCUT2D eigenvalue weighted by atomic mass is 10.1. The summed E-state index contributed by atoms with van der Waals surface area (Å²) in [4.78, 5) is 12.1. The Labute approximate surface area is 115 Å². The molecule has 0 radical (unpaired) electrons. The molecule has 0 fully saturated rings. The van der Waals surface area contributed by atoms with Gasteiger partial charge in [-0.2, -0.15) is 11.3 Å². The van der Waals surface area contributed by atoms with Gasteiger partial charge in [0, 0.05) is 12.1 Å². The monoisotopic (exact) mass is 271 g/mol. The van der Waals surface area contributed by atoms with E-state index in [4.69, 9.17) is 5.11 Å². The third-order valence-corrected chi connectivity index (χ3v) is 3.24. The number of benzene rings is 1. The summed E-state index contributed by atoms with van der Waals surface area (Å²) in [7, 11) is 0. The number of hydrogen-bond donors (Lipinski definition) is 2. The van der Waals surface area contributed by atoms with Crippen molar-refractivity contribution in [1.29, 1.82) is 0 Å². The van der Waals surface area contributed by atoms with Crippen LogP contribution in [0.4, 0.5) is 0 Å². The largest absolute Gasteiger partial charge is 0.384 e. The van der Waals surface area contributed by atoms with Gasteiger partial charge in [-0.05, 0) is 34.5 Å². The van der Waals surface area contributed by atoms with E-state index < -0.39 is 0 Å². The Bertz CT molecular complexity index is 609. The number of aliphatic hydroxyl groups excluding tert-OH is 1. The Balaban J connectivity index is 2.10. The molecule has 0 aliphatic carbocycles. The summed E-state index contributed by atoms with van der Waals surface area (Å²) < 4.78 is 0. The lowest BCUT2D eigenvalue weighted by Gasteiger charge is -2.05. The third kappa shape index (κ3) is 3.68. The standard InChI is InChI=1S/C15H13NO2S/c17-8-3-5-13-4-1-2-6-14(13)15(18)16-10-12-7-9-19-11-12/h1-2,4,6-7,9,11,17H,8,10H2,(H,16,18). The zero-order valence-electron chi connectivity index (χ0n) is 10.2. The van der Waals surface area contributed by atoms with E-state index in [1.165, 1.54) is 0 Å². The van der Waals surface area contributed by atoms with E-state index >= 15 is 0 Å². The summed E-state index contributed by atoms with van der Waals surface area (Å²) in [6.45, 7) is 0.287. The summed E-state index contributed by atoms with van der Waals surface area (Å²) in [5.41, 5.74) is 2.23. The van der Waals surface area contributed by atoms with Gasteiger partial charge in [-0.3, -0.25) is 4.79 Å². The molecule has 1 aromatic heterocycles. The van der Waals surface area contributed by atoms with E-state index in [1.807, 2.05) is 22.9 Å². The van der Waals surface area contributed by atoms with Crippen LogP contribution in [0.15, 0.2) is 41.1 Å². The van der Waals surface area contributed by atoms with Gasteiger partial charge in [-0.25, -0.2) is 0 Å². The maximum atomic E-state index is 12.1. The number of carbonyl (C=O) groups excluding carboxylic acids is 1. The van der Waals surface area contributed by atoms with Gasteiger partial charge in [0.05, 0.1) is 5.56 Å². The van der Waals surface area contributed by atoms with E-state index in [-0.39, 0.29) is 12.5 Å². The third-order valence-electron chi connectivity index (χ3n) is 2.51. The number of rotatable bonds is 3. The molecule has 19 heavy (non-hydrogen) atoms. The van der Waals surface area contributed by atoms with Crippen molar-refractivity contribution < 1.29 is 9.90 Å². The van der Waals surface area contributed by atoms with Gasteiger partial charge in [-0.1, -0.05) is 24.0 Å². The molecule has 0 unspecified atom stereocenters. The summed E-state index contributed by atoms with van der Waals surface area (Å²) in [5, 5.41) is 15.5. The second kappa shape index (κ2) is 6.74. The van der Waals surface area contributed by atoms with E-state index in [0.29, 0.717) is 17.7 Å². The zero-order chi connectivity index (χ0) is 13.5. The Morgan fingerprint density at radius 2 is 2.16 bits per heavy atom. The van der Waals surface area contributed by atoms with Gasteiger partial charge in [0.15, 0.2) is 0 Å². The van der Waals surface area contributed by atoms with Crippen LogP contribution in [-0.4, -0.2) is 17.6 Å². The fourth-order valence-corrected chi connectivity index (χ4v) is 2.26. The molecule has 4 heteroatoms. The van der Waals surface area contributed by atoms with Crippen LogP contribution >= 0.6 is 11.3 Å². The Morgan fingerprint density at radius 3 is 2.89 bits per heavy atom. The van der Waals surface area contributed by atoms with Crippen molar-refractivity contribution in [3.05, 3.63) is 57.8 Å². The first-order valence-electron chi connectivity index (χ1n) is 5.79. The molecule has 1 heterocycles. The normalized spacial score (nSPS) is 9.53. The Kier molecular flexibility index (Phi) is 4.73. The first kappa shape index (κ1) is 13.3. The summed E-state index contributed by atoms with van der Waals surface area (Å²) in [6.07, 6.45) is 0. The van der Waals surface area contributed by atoms with Crippen LogP contribution in [-0.2, 0) is 6.54 Å². The maximum absolute atomic E-state index is 12.1. The number of carbonyl (C=O) groups is 1. The van der Waals surface area contributed by atoms with Crippen molar-refractivity contribution in [2.24, 2.45) is 0 Å². The molecule has 0 aliphatic rings. The molecular weight excluding hydrogens is 258 g/mol. The summed E-state index contributed by atoms with van der Waals surface area (Å²) >= 11 is 1.60. The van der Waals surface area contributed by atoms with Crippen LogP contribution in [0.3, 0.4) is 0 Å². The SMILES string of the molecule is O=C(NCc1ccsc1)c1ccccc1C#CCO. The number of thiophene rings is 1. The minimum absolute atomic E-state index is 0.158. The highest BCUT2D eigenvalue weighted by Gasteiger charge is 2.09. The van der Waals surface area contributed by atoms with E-state index in [9.17, 15) is 4.79 Å². The first-order chi connectivity index (χ1) is 9.31. The minimum Gasteiger partial charge on any atom is -0.384 e. The lowest BCUT2D eigenvalue weighted by Crippen LogP contribution is -2.23. The van der Waals surface area contributed by atoms with Crippen LogP contribution in [0.25, 0.3) is 0 Å². The summed E-state index contributed by atoms with van der Waals surface area (Å²) in [5.74, 6) is 5.18. The molecule has 0 saturated heterocycles. The molecule has 2 N–H and O–H groups in total. The molecule has 96 valence electrons. The lowest BCUT2D eigenvalue weighted by molar-refractivity contribution is 0.0950. The fraction of sp³-hybridized carbons (Fsp3) is 0.133. The van der Waals surface area contributed by atoms with E-state index in [0.717, 1.165) is 5.56 Å². The number of nitrogens with one attached hydrogen (secondary N) is 1. The topological polar surface area (TPSA) is 49.3 Å². The smallest absolute Gasteiger partial charge is 0.252 e. The van der Waals surface area contributed by atoms with E-state index in [1.54, 1.807) is 29.5 Å². The maximum Gasteiger partial charge on any atom is 0.252 e. The predicted molar refractivity (Wildman–Crippen MR) is 75.9 cm³/mol. The average molecular weight is 271 g/mol.